The minimum absolute atomic E-state index is 0.126. The van der Waals surface area contributed by atoms with Crippen LogP contribution in [0.25, 0.3) is 21.9 Å². The van der Waals surface area contributed by atoms with E-state index in [1.807, 2.05) is 24.3 Å². The smallest absolute Gasteiger partial charge is 0.257 e. The number of pyridine rings is 2. The molecule has 4 aromatic rings. The predicted molar refractivity (Wildman–Crippen MR) is 214 cm³/mol. The Balaban J connectivity index is 0.718. The molecule has 296 valence electrons. The second kappa shape index (κ2) is 13.9. The van der Waals surface area contributed by atoms with Crippen LogP contribution in [-0.4, -0.2) is 120 Å². The number of amides is 3. The number of nitrogens with zero attached hydrogens (tertiary/aromatic N) is 6. The van der Waals surface area contributed by atoms with Gasteiger partial charge in [-0.2, -0.15) is 0 Å². The first-order chi connectivity index (χ1) is 27.6. The monoisotopic (exact) mass is 772 g/mol. The van der Waals surface area contributed by atoms with Gasteiger partial charge < -0.3 is 34.4 Å². The van der Waals surface area contributed by atoms with Gasteiger partial charge in [0.1, 0.15) is 23.4 Å². The second-order valence-electron chi connectivity index (χ2n) is 17.1. The number of hydrogen-bond acceptors (Lipinski definition) is 11. The van der Waals surface area contributed by atoms with Crippen molar-refractivity contribution >= 4 is 40.0 Å². The molecular weight excluding hydrogens is 725 g/mol. The van der Waals surface area contributed by atoms with E-state index in [1.165, 1.54) is 0 Å². The fourth-order valence-corrected chi connectivity index (χ4v) is 9.95. The lowest BCUT2D eigenvalue weighted by Crippen LogP contribution is -2.61. The number of fused-ring (bicyclic) bond motifs is 2. The molecule has 0 bridgehead atoms. The molecule has 0 saturated carbocycles. The van der Waals surface area contributed by atoms with Gasteiger partial charge >= 0.3 is 0 Å². The molecule has 1 spiro atoms. The predicted octanol–water partition coefficient (Wildman–Crippen LogP) is 3.31. The van der Waals surface area contributed by atoms with Crippen LogP contribution in [0, 0.1) is 11.3 Å². The highest BCUT2D eigenvalue weighted by Gasteiger charge is 2.46. The average molecular weight is 773 g/mol. The lowest BCUT2D eigenvalue weighted by molar-refractivity contribution is -0.136. The molecule has 2 aromatic heterocycles. The Morgan fingerprint density at radius 1 is 0.930 bits per heavy atom. The molecular formula is C43H48N8O6. The molecule has 5 fully saturated rings. The van der Waals surface area contributed by atoms with Crippen LogP contribution in [-0.2, 0) is 22.7 Å². The maximum absolute atomic E-state index is 13.4. The number of aromatic amines is 1. The zero-order chi connectivity index (χ0) is 39.0. The summed E-state index contributed by atoms with van der Waals surface area (Å²) in [6.45, 7) is 10.1. The van der Waals surface area contributed by atoms with Crippen molar-refractivity contribution in [2.45, 2.75) is 51.2 Å². The molecule has 10 rings (SSSR count). The van der Waals surface area contributed by atoms with Gasteiger partial charge in [-0.15, -0.1) is 0 Å². The molecule has 14 heteroatoms. The van der Waals surface area contributed by atoms with Crippen LogP contribution in [0.5, 0.6) is 11.5 Å². The summed E-state index contributed by atoms with van der Waals surface area (Å²) in [5.74, 6) is 1.46. The molecule has 8 heterocycles. The van der Waals surface area contributed by atoms with Crippen molar-refractivity contribution in [1.82, 2.24) is 30.0 Å². The molecule has 3 N–H and O–H groups in total. The number of hydrogen-bond donors (Lipinski definition) is 3. The zero-order valence-electron chi connectivity index (χ0n) is 32.3. The Labute approximate surface area is 330 Å². The minimum Gasteiger partial charge on any atom is -0.507 e. The summed E-state index contributed by atoms with van der Waals surface area (Å²) in [4.78, 5) is 68.6. The van der Waals surface area contributed by atoms with Gasteiger partial charge in [0.05, 0.1) is 12.5 Å². The number of imide groups is 1. The van der Waals surface area contributed by atoms with Crippen LogP contribution >= 0.6 is 0 Å². The van der Waals surface area contributed by atoms with Gasteiger partial charge in [-0.05, 0) is 86.1 Å². The van der Waals surface area contributed by atoms with E-state index in [2.05, 4.69) is 41.0 Å². The van der Waals surface area contributed by atoms with Gasteiger partial charge in [-0.25, -0.2) is 4.98 Å². The van der Waals surface area contributed by atoms with Crippen molar-refractivity contribution in [2.24, 2.45) is 11.3 Å². The Morgan fingerprint density at radius 3 is 2.47 bits per heavy atom. The molecule has 14 nitrogen and oxygen atoms in total. The van der Waals surface area contributed by atoms with E-state index >= 15 is 0 Å². The lowest BCUT2D eigenvalue weighted by atomic mass is 9.71. The summed E-state index contributed by atoms with van der Waals surface area (Å²) < 4.78 is 5.83. The van der Waals surface area contributed by atoms with Crippen molar-refractivity contribution in [1.29, 1.82) is 0 Å². The third kappa shape index (κ3) is 6.38. The number of piperidine rings is 2. The number of anilines is 2. The topological polar surface area (TPSA) is 155 Å². The zero-order valence-corrected chi connectivity index (χ0v) is 32.3. The summed E-state index contributed by atoms with van der Waals surface area (Å²) in [6.07, 6.45) is 7.42. The van der Waals surface area contributed by atoms with Crippen LogP contribution in [0.2, 0.25) is 0 Å². The van der Waals surface area contributed by atoms with Gasteiger partial charge in [-0.3, -0.25) is 29.4 Å². The van der Waals surface area contributed by atoms with Crippen molar-refractivity contribution in [3.8, 4) is 22.6 Å². The number of H-pyrrole nitrogens is 1. The Morgan fingerprint density at radius 2 is 1.74 bits per heavy atom. The van der Waals surface area contributed by atoms with Crippen LogP contribution in [0.15, 0.2) is 53.6 Å². The number of carbonyl (C=O) groups excluding carboxylic acids is 3. The molecule has 6 aliphatic heterocycles. The summed E-state index contributed by atoms with van der Waals surface area (Å²) in [7, 11) is 1.63. The highest BCUT2D eigenvalue weighted by molar-refractivity contribution is 6.05. The van der Waals surface area contributed by atoms with Crippen LogP contribution < -0.4 is 25.4 Å². The molecule has 0 radical (unpaired) electrons. The number of aromatic hydroxyl groups is 1. The van der Waals surface area contributed by atoms with Crippen molar-refractivity contribution in [2.75, 3.05) is 75.8 Å². The van der Waals surface area contributed by atoms with Gasteiger partial charge in [0.2, 0.25) is 11.8 Å². The number of aromatic nitrogens is 2. The number of methoxy groups -OCH3 is 1. The fourth-order valence-electron chi connectivity index (χ4n) is 9.95. The number of phenolic OH excluding ortho intramolecular Hbond substituents is 1. The summed E-state index contributed by atoms with van der Waals surface area (Å²) in [6, 6.07) is 11.2. The van der Waals surface area contributed by atoms with Gasteiger partial charge in [-0.1, -0.05) is 6.07 Å². The van der Waals surface area contributed by atoms with Gasteiger partial charge in [0.15, 0.2) is 0 Å². The highest BCUT2D eigenvalue weighted by atomic mass is 16.5. The number of likely N-dealkylation sites (tertiary alicyclic amines) is 2. The first-order valence-electron chi connectivity index (χ1n) is 20.3. The molecule has 1 atom stereocenters. The summed E-state index contributed by atoms with van der Waals surface area (Å²) in [5.41, 5.74) is 5.14. The number of benzene rings is 2. The molecule has 57 heavy (non-hydrogen) atoms. The van der Waals surface area contributed by atoms with E-state index < -0.39 is 6.04 Å². The maximum atomic E-state index is 13.4. The average Bonchev–Trinajstić information content (AvgIpc) is 3.48. The SMILES string of the molecule is COc1cc(-c2c[nH]c(=O)c3cnc(N4CCC4)cc23)cc(O)c1CN1CC(CN2CCC3(CC2)CN(c2ccc4c(c2)C(=O)N(C2CCC(=O)NC2=O)C4)C3)C1. The molecule has 0 aliphatic carbocycles. The first-order valence-corrected chi connectivity index (χ1v) is 20.3. The number of ether oxygens (including phenoxy) is 1. The summed E-state index contributed by atoms with van der Waals surface area (Å²) >= 11 is 0. The number of nitrogens with one attached hydrogen (secondary N) is 2. The van der Waals surface area contributed by atoms with Crippen molar-refractivity contribution < 1.29 is 24.2 Å². The van der Waals surface area contributed by atoms with Gasteiger partial charge in [0.25, 0.3) is 11.5 Å². The molecule has 6 aliphatic rings. The number of rotatable bonds is 9. The molecule has 5 saturated heterocycles. The van der Waals surface area contributed by atoms with E-state index in [-0.39, 0.29) is 35.5 Å². The minimum atomic E-state index is -0.597. The highest BCUT2D eigenvalue weighted by Crippen LogP contribution is 2.44. The van der Waals surface area contributed by atoms with E-state index in [4.69, 9.17) is 4.74 Å². The molecule has 2 aromatic carbocycles. The Hall–Kier alpha value is -5.47. The lowest BCUT2D eigenvalue weighted by Gasteiger charge is -2.55. The second-order valence-corrected chi connectivity index (χ2v) is 17.1. The quantitative estimate of drug-likeness (QED) is 0.215. The third-order valence-corrected chi connectivity index (χ3v) is 13.4. The summed E-state index contributed by atoms with van der Waals surface area (Å²) in [5, 5.41) is 15.0. The van der Waals surface area contributed by atoms with Gasteiger partial charge in [0, 0.05) is 111 Å². The van der Waals surface area contributed by atoms with E-state index in [0.29, 0.717) is 47.5 Å². The van der Waals surface area contributed by atoms with Crippen LogP contribution in [0.1, 0.15) is 53.6 Å². The number of carbonyl (C=O) groups is 3. The third-order valence-electron chi connectivity index (χ3n) is 13.4. The van der Waals surface area contributed by atoms with E-state index in [1.54, 1.807) is 30.5 Å². The van der Waals surface area contributed by atoms with E-state index in [9.17, 15) is 24.3 Å². The van der Waals surface area contributed by atoms with E-state index in [0.717, 1.165) is 117 Å². The standard InChI is InChI=1S/C43H48N8O6/c1-57-37-14-28(32-17-45-40(54)33-18-44-38(16-31(32)33)49-9-2-10-49)13-36(52)34(37)23-48-20-26(21-48)19-47-11-7-43(8-12-47)24-50(25-43)29-4-3-27-22-51(42(56)30(27)15-29)35-5-6-39(53)46-41(35)55/h3-4,13-18,26,35,52H,2,5-12,19-25H2,1H3,(H,45,54)(H,46,53,55). The molecule has 3 amide bonds. The van der Waals surface area contributed by atoms with Crippen LogP contribution in [0.3, 0.4) is 0 Å². The van der Waals surface area contributed by atoms with Crippen molar-refractivity contribution in [3.63, 3.8) is 0 Å². The fraction of sp³-hybridized carbons (Fsp3) is 0.465. The largest absolute Gasteiger partial charge is 0.507 e. The Kier molecular flexibility index (Phi) is 8.74. The van der Waals surface area contributed by atoms with Crippen LogP contribution in [0.4, 0.5) is 11.5 Å². The maximum Gasteiger partial charge on any atom is 0.257 e. The first kappa shape index (κ1) is 35.9. The molecule has 1 unspecified atom stereocenters. The van der Waals surface area contributed by atoms with Crippen molar-refractivity contribution in [3.05, 3.63) is 75.8 Å². The normalized spacial score (nSPS) is 22.4. The Bertz CT molecular complexity index is 2350. The number of phenols is 1.